The molecule has 0 aliphatic carbocycles. The summed E-state index contributed by atoms with van der Waals surface area (Å²) in [5, 5.41) is 0. The van der Waals surface area contributed by atoms with Crippen LogP contribution in [0.5, 0.6) is 11.5 Å². The summed E-state index contributed by atoms with van der Waals surface area (Å²) in [6, 6.07) is 5.10. The Morgan fingerprint density at radius 2 is 1.73 bits per heavy atom. The van der Waals surface area contributed by atoms with E-state index < -0.39 is 5.78 Å². The summed E-state index contributed by atoms with van der Waals surface area (Å²) in [6.45, 7) is 0. The van der Waals surface area contributed by atoms with Gasteiger partial charge in [0.05, 0.1) is 14.2 Å². The van der Waals surface area contributed by atoms with Crippen LogP contribution in [0.2, 0.25) is 0 Å². The van der Waals surface area contributed by atoms with E-state index in [-0.39, 0.29) is 6.42 Å². The van der Waals surface area contributed by atoms with Gasteiger partial charge in [-0.3, -0.25) is 9.59 Å². The summed E-state index contributed by atoms with van der Waals surface area (Å²) in [4.78, 5) is 21.1. The minimum atomic E-state index is -0.467. The Kier molecular flexibility index (Phi) is 3.85. The number of ether oxygens (including phenoxy) is 2. The summed E-state index contributed by atoms with van der Waals surface area (Å²) in [5.74, 6) is 0.733. The third-order valence-corrected chi connectivity index (χ3v) is 1.92. The fraction of sp³-hybridized carbons (Fsp3) is 0.273. The minimum Gasteiger partial charge on any atom is -0.497 e. The number of aldehydes is 1. The third-order valence-electron chi connectivity index (χ3n) is 1.92. The van der Waals surface area contributed by atoms with Gasteiger partial charge < -0.3 is 9.47 Å². The quantitative estimate of drug-likeness (QED) is 0.535. The van der Waals surface area contributed by atoms with Gasteiger partial charge in [0.25, 0.3) is 0 Å². The van der Waals surface area contributed by atoms with Crippen molar-refractivity contribution in [3.05, 3.63) is 23.8 Å². The van der Waals surface area contributed by atoms with Crippen LogP contribution in [0, 0.1) is 0 Å². The van der Waals surface area contributed by atoms with E-state index in [1.807, 2.05) is 0 Å². The van der Waals surface area contributed by atoms with Gasteiger partial charge in [-0.15, -0.1) is 0 Å². The number of hydrogen-bond donors (Lipinski definition) is 0. The molecule has 0 aliphatic rings. The molecule has 0 saturated heterocycles. The maximum Gasteiger partial charge on any atom is 0.199 e. The molecule has 0 bridgehead atoms. The Morgan fingerprint density at radius 3 is 2.13 bits per heavy atom. The highest BCUT2D eigenvalue weighted by Crippen LogP contribution is 2.22. The summed E-state index contributed by atoms with van der Waals surface area (Å²) in [6.07, 6.45) is 0.378. The first-order chi connectivity index (χ1) is 7.19. The van der Waals surface area contributed by atoms with Crippen molar-refractivity contribution in [2.45, 2.75) is 6.42 Å². The molecule has 0 amide bonds. The third kappa shape index (κ3) is 3.09. The van der Waals surface area contributed by atoms with Crippen molar-refractivity contribution in [1.29, 1.82) is 0 Å². The molecular weight excluding hydrogens is 196 g/mol. The number of carbonyl (C=O) groups excluding carboxylic acids is 2. The molecule has 80 valence electrons. The van der Waals surface area contributed by atoms with Crippen LogP contribution < -0.4 is 9.47 Å². The van der Waals surface area contributed by atoms with Crippen LogP contribution in [0.3, 0.4) is 0 Å². The molecule has 0 fully saturated rings. The van der Waals surface area contributed by atoms with E-state index in [2.05, 4.69) is 0 Å². The molecule has 0 saturated carbocycles. The molecule has 0 aromatic heterocycles. The molecule has 0 atom stereocenters. The zero-order chi connectivity index (χ0) is 11.3. The van der Waals surface area contributed by atoms with Gasteiger partial charge in [0.2, 0.25) is 0 Å². The topological polar surface area (TPSA) is 52.6 Å². The van der Waals surface area contributed by atoms with E-state index in [1.54, 1.807) is 18.2 Å². The maximum absolute atomic E-state index is 10.9. The molecular formula is C11H12O4. The van der Waals surface area contributed by atoms with Crippen molar-refractivity contribution in [2.75, 3.05) is 14.2 Å². The number of ketones is 1. The molecule has 0 unspecified atom stereocenters. The molecule has 1 aromatic rings. The van der Waals surface area contributed by atoms with Crippen LogP contribution in [-0.2, 0) is 16.0 Å². The predicted molar refractivity (Wildman–Crippen MR) is 54.3 cm³/mol. The first-order valence-corrected chi connectivity index (χ1v) is 4.39. The molecule has 4 nitrogen and oxygen atoms in total. The van der Waals surface area contributed by atoms with Crippen molar-refractivity contribution in [1.82, 2.24) is 0 Å². The number of carbonyl (C=O) groups is 2. The molecule has 1 aromatic carbocycles. The lowest BCUT2D eigenvalue weighted by molar-refractivity contribution is -0.129. The summed E-state index contributed by atoms with van der Waals surface area (Å²) in [5.41, 5.74) is 0.698. The Labute approximate surface area is 87.8 Å². The van der Waals surface area contributed by atoms with Crippen molar-refractivity contribution < 1.29 is 19.1 Å². The highest BCUT2D eigenvalue weighted by atomic mass is 16.5. The zero-order valence-electron chi connectivity index (χ0n) is 8.65. The van der Waals surface area contributed by atoms with E-state index >= 15 is 0 Å². The number of methoxy groups -OCH3 is 2. The maximum atomic E-state index is 10.9. The highest BCUT2D eigenvalue weighted by molar-refractivity contribution is 6.25. The largest absolute Gasteiger partial charge is 0.497 e. The number of hydrogen-bond acceptors (Lipinski definition) is 4. The molecule has 0 aliphatic heterocycles. The van der Waals surface area contributed by atoms with Crippen LogP contribution in [0.1, 0.15) is 5.56 Å². The van der Waals surface area contributed by atoms with E-state index in [0.717, 1.165) is 0 Å². The summed E-state index contributed by atoms with van der Waals surface area (Å²) in [7, 11) is 3.06. The van der Waals surface area contributed by atoms with Crippen LogP contribution in [0.15, 0.2) is 18.2 Å². The second kappa shape index (κ2) is 5.14. The average molecular weight is 208 g/mol. The molecule has 0 spiro atoms. The van der Waals surface area contributed by atoms with Gasteiger partial charge in [0.1, 0.15) is 11.5 Å². The van der Waals surface area contributed by atoms with E-state index in [4.69, 9.17) is 9.47 Å². The van der Waals surface area contributed by atoms with Crippen molar-refractivity contribution in [3.8, 4) is 11.5 Å². The average Bonchev–Trinajstić information content (AvgIpc) is 2.28. The van der Waals surface area contributed by atoms with Crippen molar-refractivity contribution >= 4 is 12.1 Å². The van der Waals surface area contributed by atoms with Gasteiger partial charge in [0.15, 0.2) is 12.1 Å². The van der Waals surface area contributed by atoms with E-state index in [9.17, 15) is 9.59 Å². The van der Waals surface area contributed by atoms with Gasteiger partial charge in [-0.2, -0.15) is 0 Å². The van der Waals surface area contributed by atoms with Crippen LogP contribution >= 0.6 is 0 Å². The lowest BCUT2D eigenvalue weighted by atomic mass is 10.1. The molecule has 0 N–H and O–H groups in total. The minimum absolute atomic E-state index is 0.0665. The molecule has 0 radical (unpaired) electrons. The molecule has 0 heterocycles. The lowest BCUT2D eigenvalue weighted by Crippen LogP contribution is -2.03. The van der Waals surface area contributed by atoms with Gasteiger partial charge >= 0.3 is 0 Å². The summed E-state index contributed by atoms with van der Waals surface area (Å²) >= 11 is 0. The monoisotopic (exact) mass is 208 g/mol. The van der Waals surface area contributed by atoms with Crippen LogP contribution in [0.25, 0.3) is 0 Å². The SMILES string of the molecule is COc1cc(CC(=O)C=O)cc(OC)c1. The smallest absolute Gasteiger partial charge is 0.199 e. The Hall–Kier alpha value is -1.84. The second-order valence-electron chi connectivity index (χ2n) is 2.98. The van der Waals surface area contributed by atoms with Gasteiger partial charge in [-0.1, -0.05) is 0 Å². The van der Waals surface area contributed by atoms with Gasteiger partial charge in [0, 0.05) is 12.5 Å². The Balaban J connectivity index is 2.96. The van der Waals surface area contributed by atoms with E-state index in [0.29, 0.717) is 23.3 Å². The lowest BCUT2D eigenvalue weighted by Gasteiger charge is -2.06. The first-order valence-electron chi connectivity index (χ1n) is 4.39. The predicted octanol–water partition coefficient (Wildman–Crippen LogP) is 1.01. The fourth-order valence-corrected chi connectivity index (χ4v) is 1.21. The van der Waals surface area contributed by atoms with Gasteiger partial charge in [-0.25, -0.2) is 0 Å². The van der Waals surface area contributed by atoms with Crippen molar-refractivity contribution in [3.63, 3.8) is 0 Å². The molecule has 4 heteroatoms. The molecule has 1 rings (SSSR count). The Morgan fingerprint density at radius 1 is 1.20 bits per heavy atom. The van der Waals surface area contributed by atoms with Crippen LogP contribution in [-0.4, -0.2) is 26.3 Å². The van der Waals surface area contributed by atoms with Crippen molar-refractivity contribution in [2.24, 2.45) is 0 Å². The standard InChI is InChI=1S/C11H12O4/c1-14-10-4-8(3-9(13)7-12)5-11(6-10)15-2/h4-7H,3H2,1-2H3. The van der Waals surface area contributed by atoms with Crippen LogP contribution in [0.4, 0.5) is 0 Å². The second-order valence-corrected chi connectivity index (χ2v) is 2.98. The number of benzene rings is 1. The first kappa shape index (κ1) is 11.2. The number of Topliss-reactive ketones (excluding diaryl/α,β-unsaturated/α-hetero) is 1. The zero-order valence-corrected chi connectivity index (χ0v) is 8.65. The van der Waals surface area contributed by atoms with E-state index in [1.165, 1.54) is 14.2 Å². The normalized spacial score (nSPS) is 9.47. The van der Waals surface area contributed by atoms with Gasteiger partial charge in [-0.05, 0) is 17.7 Å². The summed E-state index contributed by atoms with van der Waals surface area (Å²) < 4.78 is 10.1. The molecule has 15 heavy (non-hydrogen) atoms. The fourth-order valence-electron chi connectivity index (χ4n) is 1.21. The highest BCUT2D eigenvalue weighted by Gasteiger charge is 2.05. The Bertz CT molecular complexity index is 349. The number of rotatable bonds is 5.